The normalized spacial score (nSPS) is 58.4. The number of fused-ring (bicyclic) bond motifs is 10. The van der Waals surface area contributed by atoms with E-state index in [1.807, 2.05) is 0 Å². The first-order valence-corrected chi connectivity index (χ1v) is 15.8. The predicted molar refractivity (Wildman–Crippen MR) is 93.3 cm³/mol. The third-order valence-corrected chi connectivity index (χ3v) is 17.6. The quantitative estimate of drug-likeness (QED) is 0.572. The molecule has 0 aromatic rings. The topological polar surface area (TPSA) is 34.3 Å². The van der Waals surface area contributed by atoms with Crippen molar-refractivity contribution < 1.29 is 13.6 Å². The van der Waals surface area contributed by atoms with Crippen LogP contribution in [0.1, 0.15) is 25.7 Å². The molecular formula is C18H30O3Si2. The Kier molecular flexibility index (Phi) is 2.62. The maximum absolute atomic E-state index is 7.20. The van der Waals surface area contributed by atoms with Gasteiger partial charge >= 0.3 is 0 Å². The van der Waals surface area contributed by atoms with Gasteiger partial charge in [-0.25, -0.2) is 0 Å². The number of hydrogen-bond acceptors (Lipinski definition) is 3. The first-order chi connectivity index (χ1) is 10.9. The molecule has 0 amide bonds. The lowest BCUT2D eigenvalue weighted by Crippen LogP contribution is -2.52. The van der Waals surface area contributed by atoms with Gasteiger partial charge in [-0.15, -0.1) is 0 Å². The van der Waals surface area contributed by atoms with E-state index in [1.165, 1.54) is 25.7 Å². The summed E-state index contributed by atoms with van der Waals surface area (Å²) in [7, 11) is -3.27. The lowest BCUT2D eigenvalue weighted by Gasteiger charge is -2.44. The van der Waals surface area contributed by atoms with Crippen molar-refractivity contribution in [3.05, 3.63) is 0 Å². The van der Waals surface area contributed by atoms with Gasteiger partial charge in [0.1, 0.15) is 0 Å². The summed E-state index contributed by atoms with van der Waals surface area (Å²) in [6.45, 7) is 10.1. The highest BCUT2D eigenvalue weighted by atomic mass is 28.4. The Morgan fingerprint density at radius 3 is 1.43 bits per heavy atom. The molecule has 6 rings (SSSR count). The van der Waals surface area contributed by atoms with Crippen LogP contribution in [0.15, 0.2) is 0 Å². The van der Waals surface area contributed by atoms with Gasteiger partial charge in [0.15, 0.2) is 16.6 Å². The second-order valence-electron chi connectivity index (χ2n) is 10.4. The van der Waals surface area contributed by atoms with Crippen LogP contribution in [-0.4, -0.2) is 41.1 Å². The molecule has 4 aliphatic carbocycles. The lowest BCUT2D eigenvalue weighted by molar-refractivity contribution is 0.261. The molecule has 128 valence electrons. The van der Waals surface area contributed by atoms with Gasteiger partial charge in [0.2, 0.25) is 0 Å². The molecule has 3 nitrogen and oxygen atoms in total. The molecule has 0 N–H and O–H groups in total. The molecule has 23 heavy (non-hydrogen) atoms. The fourth-order valence-electron chi connectivity index (χ4n) is 7.63. The molecule has 0 spiro atoms. The van der Waals surface area contributed by atoms with Crippen LogP contribution in [0, 0.1) is 23.7 Å². The van der Waals surface area contributed by atoms with Gasteiger partial charge in [-0.3, -0.25) is 0 Å². The highest BCUT2D eigenvalue weighted by Gasteiger charge is 2.68. The maximum atomic E-state index is 7.20. The molecule has 4 saturated carbocycles. The second-order valence-corrected chi connectivity index (χ2v) is 19.2. The first kappa shape index (κ1) is 14.5. The average Bonchev–Trinajstić information content (AvgIpc) is 3.30. The summed E-state index contributed by atoms with van der Waals surface area (Å²) in [4.78, 5) is 0. The summed E-state index contributed by atoms with van der Waals surface area (Å²) in [5, 5.41) is 0. The smallest absolute Gasteiger partial charge is 0.176 e. The van der Waals surface area contributed by atoms with Crippen molar-refractivity contribution in [3.63, 3.8) is 0 Å². The highest BCUT2D eigenvalue weighted by molar-refractivity contribution is 6.86. The van der Waals surface area contributed by atoms with Crippen molar-refractivity contribution in [2.24, 2.45) is 23.7 Å². The zero-order valence-electron chi connectivity index (χ0n) is 14.8. The van der Waals surface area contributed by atoms with E-state index in [4.69, 9.17) is 13.6 Å². The largest absolute Gasteiger partial charge is 0.455 e. The van der Waals surface area contributed by atoms with Gasteiger partial charge in [0.25, 0.3) is 0 Å². The molecule has 0 aromatic heterocycles. The standard InChI is InChI=1S/C18H30O3Si2/c1-22(2,13-7-9-5-11(13)17-15(9)19-17)21-23(3,4)14-8-10-6-12(14)18-16(10)20-18/h9-18H,5-8H2,1-4H3. The summed E-state index contributed by atoms with van der Waals surface area (Å²) in [5.41, 5.74) is 1.71. The average molecular weight is 351 g/mol. The van der Waals surface area contributed by atoms with Gasteiger partial charge < -0.3 is 13.6 Å². The Hall–Kier alpha value is 0.314. The Labute approximate surface area is 141 Å². The number of rotatable bonds is 4. The van der Waals surface area contributed by atoms with E-state index >= 15 is 0 Å². The molecule has 5 heteroatoms. The summed E-state index contributed by atoms with van der Waals surface area (Å²) in [5.74, 6) is 3.43. The van der Waals surface area contributed by atoms with E-state index in [0.717, 1.165) is 34.8 Å². The van der Waals surface area contributed by atoms with E-state index in [1.54, 1.807) is 0 Å². The summed E-state index contributed by atoms with van der Waals surface area (Å²) >= 11 is 0. The lowest BCUT2D eigenvalue weighted by atomic mass is 10.0. The van der Waals surface area contributed by atoms with Gasteiger partial charge in [-0.1, -0.05) is 0 Å². The second kappa shape index (κ2) is 4.17. The minimum Gasteiger partial charge on any atom is -0.455 e. The minimum absolute atomic E-state index is 0.627. The van der Waals surface area contributed by atoms with Crippen molar-refractivity contribution >= 4 is 16.6 Å². The molecule has 2 saturated heterocycles. The summed E-state index contributed by atoms with van der Waals surface area (Å²) in [6, 6.07) is 0. The maximum Gasteiger partial charge on any atom is 0.176 e. The molecule has 0 aromatic carbocycles. The fraction of sp³-hybridized carbons (Fsp3) is 1.00. The molecule has 10 unspecified atom stereocenters. The van der Waals surface area contributed by atoms with Crippen molar-refractivity contribution in [1.29, 1.82) is 0 Å². The number of hydrogen-bond donors (Lipinski definition) is 0. The van der Waals surface area contributed by atoms with E-state index < -0.39 is 16.6 Å². The predicted octanol–water partition coefficient (Wildman–Crippen LogP) is 3.77. The molecular weight excluding hydrogens is 320 g/mol. The van der Waals surface area contributed by atoms with Gasteiger partial charge in [0.05, 0.1) is 24.4 Å². The van der Waals surface area contributed by atoms with Crippen molar-refractivity contribution in [3.8, 4) is 0 Å². The van der Waals surface area contributed by atoms with E-state index in [9.17, 15) is 0 Å². The zero-order chi connectivity index (χ0) is 15.7. The van der Waals surface area contributed by atoms with Gasteiger partial charge in [-0.05, 0) is 86.6 Å². The number of epoxide rings is 2. The summed E-state index contributed by atoms with van der Waals surface area (Å²) in [6.07, 6.45) is 8.24. The van der Waals surface area contributed by atoms with E-state index in [0.29, 0.717) is 24.4 Å². The van der Waals surface area contributed by atoms with Crippen LogP contribution >= 0.6 is 0 Å². The molecule has 10 atom stereocenters. The van der Waals surface area contributed by atoms with Crippen molar-refractivity contribution in [2.75, 3.05) is 0 Å². The van der Waals surface area contributed by atoms with Crippen molar-refractivity contribution in [2.45, 2.75) is 87.4 Å². The molecule has 4 bridgehead atoms. The van der Waals surface area contributed by atoms with E-state index in [-0.39, 0.29) is 0 Å². The molecule has 2 aliphatic heterocycles. The van der Waals surface area contributed by atoms with Crippen LogP contribution in [-0.2, 0) is 13.6 Å². The third kappa shape index (κ3) is 1.86. The Morgan fingerprint density at radius 2 is 1.09 bits per heavy atom. The van der Waals surface area contributed by atoms with Crippen LogP contribution in [0.2, 0.25) is 37.3 Å². The fourth-order valence-corrected chi connectivity index (χ4v) is 18.7. The molecule has 6 fully saturated rings. The van der Waals surface area contributed by atoms with Crippen LogP contribution < -0.4 is 0 Å². The first-order valence-electron chi connectivity index (χ1n) is 9.86. The van der Waals surface area contributed by atoms with Crippen LogP contribution in [0.4, 0.5) is 0 Å². The number of ether oxygens (including phenoxy) is 2. The van der Waals surface area contributed by atoms with Crippen molar-refractivity contribution in [1.82, 2.24) is 0 Å². The van der Waals surface area contributed by atoms with E-state index in [2.05, 4.69) is 26.2 Å². The van der Waals surface area contributed by atoms with Gasteiger partial charge in [-0.2, -0.15) is 0 Å². The van der Waals surface area contributed by atoms with Crippen LogP contribution in [0.3, 0.4) is 0 Å². The molecule has 2 heterocycles. The third-order valence-electron chi connectivity index (χ3n) is 8.50. The van der Waals surface area contributed by atoms with Crippen LogP contribution in [0.5, 0.6) is 0 Å². The molecule has 6 aliphatic rings. The van der Waals surface area contributed by atoms with Gasteiger partial charge in [0, 0.05) is 0 Å². The highest BCUT2D eigenvalue weighted by Crippen LogP contribution is 2.66. The van der Waals surface area contributed by atoms with Crippen LogP contribution in [0.25, 0.3) is 0 Å². The summed E-state index contributed by atoms with van der Waals surface area (Å²) < 4.78 is 19.0. The Balaban J connectivity index is 1.20. The molecule has 0 radical (unpaired) electrons. The monoisotopic (exact) mass is 350 g/mol. The Morgan fingerprint density at radius 1 is 0.652 bits per heavy atom. The zero-order valence-corrected chi connectivity index (χ0v) is 16.8. The Bertz CT molecular complexity index is 516. The SMILES string of the molecule is C[Si](C)(O[Si](C)(C)C1CC2CC1C1OC21)C1CC2CC1C1OC21. The minimum atomic E-state index is -1.64.